The molecule has 0 spiro atoms. The van der Waals surface area contributed by atoms with Crippen molar-refractivity contribution in [1.29, 1.82) is 0 Å². The van der Waals surface area contributed by atoms with Gasteiger partial charge in [0, 0.05) is 0 Å². The Bertz CT molecular complexity index is 2550. The van der Waals surface area contributed by atoms with Gasteiger partial charge in [-0.25, -0.2) is 87.8 Å². The van der Waals surface area contributed by atoms with Crippen molar-refractivity contribution in [2.24, 2.45) is 0 Å². The molecule has 0 atom stereocenters. The predicted octanol–water partition coefficient (Wildman–Crippen LogP) is 11.1. The normalized spacial score (nSPS) is 11.6. The van der Waals surface area contributed by atoms with Gasteiger partial charge in [0.1, 0.15) is 64.2 Å². The second kappa shape index (κ2) is 27.1. The summed E-state index contributed by atoms with van der Waals surface area (Å²) in [5.41, 5.74) is -14.3. The van der Waals surface area contributed by atoms with Crippen molar-refractivity contribution in [3.8, 4) is 11.5 Å². The highest BCUT2D eigenvalue weighted by molar-refractivity contribution is 7.20. The summed E-state index contributed by atoms with van der Waals surface area (Å²) in [4.78, 5) is 0. The number of rotatable bonds is 22. The first-order chi connectivity index (χ1) is 36.0. The maximum atomic E-state index is 15.4. The van der Waals surface area contributed by atoms with Crippen LogP contribution in [0.25, 0.3) is 0 Å². The third-order valence-electron chi connectivity index (χ3n) is 12.1. The lowest BCUT2D eigenvalue weighted by Gasteiger charge is -2.44. The lowest BCUT2D eigenvalue weighted by atomic mass is 9.12. The van der Waals surface area contributed by atoms with Gasteiger partial charge in [-0.3, -0.25) is 0 Å². The van der Waals surface area contributed by atoms with E-state index in [1.165, 1.54) is 71.3 Å². The van der Waals surface area contributed by atoms with Crippen LogP contribution in [0.5, 0.6) is 11.5 Å². The maximum Gasteiger partial charge on any atom is 0.357 e. The largest absolute Gasteiger partial charge is 0.494 e. The molecule has 0 fully saturated rings. The van der Waals surface area contributed by atoms with Crippen LogP contribution < -0.4 is 52.5 Å². The van der Waals surface area contributed by atoms with Gasteiger partial charge < -0.3 is 9.47 Å². The van der Waals surface area contributed by atoms with Gasteiger partial charge >= 0.3 is 21.2 Å². The number of hydrogen-bond donors (Lipinski definition) is 0. The smallest absolute Gasteiger partial charge is 0.357 e. The Balaban J connectivity index is 0.000000301. The Morgan fingerprint density at radius 3 is 0.697 bits per heavy atom. The van der Waals surface area contributed by atoms with E-state index in [1.807, 2.05) is 0 Å². The lowest BCUT2D eigenvalue weighted by Crippen LogP contribution is -3.61. The molecule has 76 heavy (non-hydrogen) atoms. The van der Waals surface area contributed by atoms with Gasteiger partial charge in [-0.1, -0.05) is 78.1 Å². The monoisotopic (exact) mass is 1220 g/mol. The fourth-order valence-corrected chi connectivity index (χ4v) is 10.5. The lowest BCUT2D eigenvalue weighted by molar-refractivity contribution is -0.597. The second-order valence-corrected chi connectivity index (χ2v) is 20.1. The summed E-state index contributed by atoms with van der Waals surface area (Å²) in [6.07, 6.45) is 8.40. The number of halogens is 21. The van der Waals surface area contributed by atoms with Crippen molar-refractivity contribution in [1.82, 2.24) is 0 Å². The molecule has 0 aromatic heterocycles. The van der Waals surface area contributed by atoms with E-state index < -0.39 is 144 Å². The molecule has 0 bridgehead atoms. The van der Waals surface area contributed by atoms with Crippen LogP contribution in [0.15, 0.2) is 48.5 Å². The molecule has 0 aliphatic carbocycles. The molecule has 412 valence electrons. The summed E-state index contributed by atoms with van der Waals surface area (Å²) in [6, 6.07) is 17.4. The van der Waals surface area contributed by atoms with Crippen LogP contribution in [-0.4, -0.2) is 19.4 Å². The van der Waals surface area contributed by atoms with E-state index in [0.717, 1.165) is 37.6 Å². The molecule has 0 heterocycles. The molecule has 0 unspecified atom stereocenters. The fourth-order valence-electron chi connectivity index (χ4n) is 8.33. The van der Waals surface area contributed by atoms with Crippen molar-refractivity contribution in [2.45, 2.75) is 90.9 Å². The molecule has 6 aromatic carbocycles. The molecule has 0 saturated carbocycles. The Kier molecular flexibility index (Phi) is 21.8. The second-order valence-electron chi connectivity index (χ2n) is 17.0. The van der Waals surface area contributed by atoms with Crippen molar-refractivity contribution in [3.63, 3.8) is 0 Å². The molecule has 0 radical (unpaired) electrons. The molecular weight excluding hydrogens is 1170 g/mol. The number of hydrogen-bond acceptors (Lipinski definition) is 2. The van der Waals surface area contributed by atoms with Gasteiger partial charge in [0.25, 0.3) is 0 Å². The first-order valence-electron chi connectivity index (χ1n) is 23.4. The van der Waals surface area contributed by atoms with E-state index in [0.29, 0.717) is 0 Å². The molecule has 0 saturated heterocycles. The van der Waals surface area contributed by atoms with Crippen LogP contribution in [0, 0.1) is 123 Å². The fraction of sp³-hybridized carbons (Fsp3) is 0.308. The molecule has 0 amide bonds. The van der Waals surface area contributed by atoms with E-state index in [-0.39, 0.29) is 21.2 Å². The number of ether oxygens (including phenoxy) is 2. The quantitative estimate of drug-likeness (QED) is 0.0168. The van der Waals surface area contributed by atoms with Crippen LogP contribution in [0.4, 0.5) is 87.8 Å². The number of benzene rings is 6. The average molecular weight is 1220 g/mol. The zero-order chi connectivity index (χ0) is 56.3. The van der Waals surface area contributed by atoms with E-state index in [2.05, 4.69) is 62.4 Å². The van der Waals surface area contributed by atoms with Crippen molar-refractivity contribution < 1.29 is 118 Å². The van der Waals surface area contributed by atoms with Crippen LogP contribution >= 0.6 is 0 Å². The Morgan fingerprint density at radius 2 is 0.474 bits per heavy atom. The van der Waals surface area contributed by atoms with Crippen molar-refractivity contribution >= 4 is 28.0 Å². The van der Waals surface area contributed by atoms with Crippen molar-refractivity contribution in [3.05, 3.63) is 172 Å². The summed E-state index contributed by atoms with van der Waals surface area (Å²) in [7, 11) is 0. The van der Waals surface area contributed by atoms with Crippen LogP contribution in [0.3, 0.4) is 0 Å². The highest BCUT2D eigenvalue weighted by atomic mass is 127. The third kappa shape index (κ3) is 12.7. The van der Waals surface area contributed by atoms with Crippen molar-refractivity contribution in [2.75, 3.05) is 13.2 Å². The predicted molar refractivity (Wildman–Crippen MR) is 237 cm³/mol. The summed E-state index contributed by atoms with van der Waals surface area (Å²) in [5.74, 6) is -69.4. The molecule has 6 aromatic rings. The highest BCUT2D eigenvalue weighted by Gasteiger charge is 2.52. The molecule has 0 N–H and O–H groups in total. The van der Waals surface area contributed by atoms with Gasteiger partial charge in [-0.2, -0.15) is 0 Å². The molecule has 2 nitrogen and oxygen atoms in total. The number of unbranched alkanes of at least 4 members (excludes halogenated alkanes) is 10. The maximum absolute atomic E-state index is 15.4. The van der Waals surface area contributed by atoms with Gasteiger partial charge in [0.05, 0.1) is 13.2 Å². The zero-order valence-electron chi connectivity index (χ0n) is 39.8. The topological polar surface area (TPSA) is 18.5 Å². The Morgan fingerprint density at radius 1 is 0.276 bits per heavy atom. The minimum absolute atomic E-state index is 0.160. The molecule has 0 aliphatic rings. The third-order valence-corrected chi connectivity index (χ3v) is 14.8. The minimum Gasteiger partial charge on any atom is -0.494 e. The van der Waals surface area contributed by atoms with E-state index >= 15 is 35.1 Å². The van der Waals surface area contributed by atoms with Gasteiger partial charge in [0.15, 0.2) is 76.9 Å². The van der Waals surface area contributed by atoms with Gasteiger partial charge in [-0.05, 0) is 61.4 Å². The molecule has 24 heteroatoms. The standard InChI is InChI=1S/C28H42IO2.C24BF20/c1-3-5-7-9-11-13-23-30-27-19-15-25(16-20-27)29-26-17-21-28(22-18-26)31-24-14-12-10-8-6-4-2;26-5-1(6(27)14(35)21(42)13(5)34)25(2-7(28)15(36)22(43)16(37)8(2)29,3-9(30)17(38)23(44)18(39)10(3)31)4-11(32)19(40)24(45)20(41)12(4)33/h15-22H,3-14,23-24H2,1-2H3;/q+1;-1. The summed E-state index contributed by atoms with van der Waals surface area (Å²) in [6.45, 7) is 6.19. The van der Waals surface area contributed by atoms with Crippen LogP contribution in [0.2, 0.25) is 0 Å². The first kappa shape index (κ1) is 61.2. The molecule has 0 aliphatic heterocycles. The summed E-state index contributed by atoms with van der Waals surface area (Å²) < 4.78 is 309. The van der Waals surface area contributed by atoms with Gasteiger partial charge in [-0.15, -0.1) is 21.9 Å². The molecular formula is C52H42BF20IO2. The highest BCUT2D eigenvalue weighted by Crippen LogP contribution is 2.31. The molecule has 6 rings (SSSR count). The van der Waals surface area contributed by atoms with Gasteiger partial charge in [0.2, 0.25) is 0 Å². The SMILES string of the molecule is CCCCCCCCOc1ccc([I+]c2ccc(OCCCCCCCC)cc2)cc1.Fc1c(F)c(F)c([B-](c2c(F)c(F)c(F)c(F)c2F)(c2c(F)c(F)c(F)c(F)c2F)c2c(F)c(F)c(F)c(F)c2F)c(F)c1F. The Labute approximate surface area is 432 Å². The van der Waals surface area contributed by atoms with Crippen LogP contribution in [-0.2, 0) is 0 Å². The summed E-state index contributed by atoms with van der Waals surface area (Å²) in [5, 5.41) is 0. The first-order valence-corrected chi connectivity index (χ1v) is 25.5. The summed E-state index contributed by atoms with van der Waals surface area (Å²) >= 11 is -0.160. The van der Waals surface area contributed by atoms with E-state index in [4.69, 9.17) is 9.47 Å². The average Bonchev–Trinajstić information content (AvgIpc) is 3.42. The Hall–Kier alpha value is -5.69. The minimum atomic E-state index is -7.22. The van der Waals surface area contributed by atoms with E-state index in [9.17, 15) is 52.7 Å². The zero-order valence-corrected chi connectivity index (χ0v) is 42.0. The van der Waals surface area contributed by atoms with E-state index in [1.54, 1.807) is 0 Å². The van der Waals surface area contributed by atoms with Crippen LogP contribution in [0.1, 0.15) is 90.9 Å².